The number of nitrogens with zero attached hydrogens (tertiary/aromatic N) is 6. The molecule has 0 bridgehead atoms. The Balaban J connectivity index is 0.00000363. The van der Waals surface area contributed by atoms with E-state index in [0.29, 0.717) is 89.5 Å². The molecule has 632 valence electrons. The minimum Gasteiger partial charge on any atom is -0.475 e. The van der Waals surface area contributed by atoms with Crippen molar-refractivity contribution in [1.29, 1.82) is 0 Å². The predicted molar refractivity (Wildman–Crippen MR) is 368 cm³/mol. The first-order valence-corrected chi connectivity index (χ1v) is 35.1. The van der Waals surface area contributed by atoms with Gasteiger partial charge in [-0.2, -0.15) is 64.4 Å². The van der Waals surface area contributed by atoms with Crippen LogP contribution in [-0.2, 0) is 94.2 Å². The fourth-order valence-corrected chi connectivity index (χ4v) is 9.85. The number of rotatable bonds is 23. The maximum atomic E-state index is 14.4. The molecule has 7 N–H and O–H groups in total. The zero-order valence-electron chi connectivity index (χ0n) is 63.4. The number of thioether (sulfide) groups is 1. The average Bonchev–Trinajstić information content (AvgIpc) is 1.23. The number of amides is 6. The Morgan fingerprint density at radius 1 is 0.486 bits per heavy atom. The highest BCUT2D eigenvalue weighted by molar-refractivity contribution is 7.98. The number of carboxylic acid groups (broad SMARTS) is 4. The summed E-state index contributed by atoms with van der Waals surface area (Å²) < 4.78 is 150. The highest BCUT2D eigenvalue weighted by atomic mass is 32.2. The Labute approximate surface area is 635 Å². The maximum absolute atomic E-state index is 14.4. The monoisotopic (exact) mass is 1640 g/mol. The van der Waals surface area contributed by atoms with Crippen molar-refractivity contribution in [2.45, 2.75) is 181 Å². The van der Waals surface area contributed by atoms with Gasteiger partial charge in [-0.25, -0.2) is 24.0 Å². The van der Waals surface area contributed by atoms with E-state index in [0.717, 1.165) is 16.0 Å². The number of benzene rings is 1. The number of halogens is 12. The number of aliphatic carboxylic acids is 4. The Hall–Kier alpha value is -8.91. The molecule has 111 heavy (non-hydrogen) atoms. The molecule has 3 aliphatic heterocycles. The molecule has 3 aliphatic rings. The summed E-state index contributed by atoms with van der Waals surface area (Å²) in [5, 5.41) is 36.6. The van der Waals surface area contributed by atoms with Crippen molar-refractivity contribution >= 4 is 95.0 Å². The van der Waals surface area contributed by atoms with E-state index in [-0.39, 0.29) is 58.0 Å². The highest BCUT2D eigenvalue weighted by Gasteiger charge is 2.41. The summed E-state index contributed by atoms with van der Waals surface area (Å²) in [7, 11) is 0. The number of carbonyl (C=O) groups is 14. The molecule has 0 saturated carbocycles. The summed E-state index contributed by atoms with van der Waals surface area (Å²) >= 11 is 1.48. The quantitative estimate of drug-likeness (QED) is 0.0242. The summed E-state index contributed by atoms with van der Waals surface area (Å²) in [5.41, 5.74) is -1.10. The molecule has 1 aromatic rings. The van der Waals surface area contributed by atoms with Gasteiger partial charge < -0.3 is 60.2 Å². The SMILES string of the molecule is CSCC[C@H](NC(=O)c1cccc2c1CCN(C(=O)CN1CCN(CC(=O)OC(C)(C)C)CCN(CC(=O)OC(C)(C)C)CCN(CC(=O)OC(C)(C)C)CC1)C2)C(=O)NCC(=O)N[C@@H](CCCCN1C(=O)C=CC1=O)C(=O)OC(C)(C)C.O=C(O)C(F)(F)F.O=C(O)C(F)(F)F.O=C(O)C(F)(F)F.O=C(O)C(F)(F)F. The van der Waals surface area contributed by atoms with E-state index in [1.807, 2.05) is 52.7 Å². The van der Waals surface area contributed by atoms with Crippen molar-refractivity contribution in [1.82, 2.24) is 45.3 Å². The molecular formula is C67H97F12N9O22S. The molecule has 1 saturated heterocycles. The van der Waals surface area contributed by atoms with Gasteiger partial charge in [-0.15, -0.1) is 0 Å². The average molecular weight is 1640 g/mol. The second-order valence-corrected chi connectivity index (χ2v) is 29.4. The lowest BCUT2D eigenvalue weighted by Crippen LogP contribution is -2.51. The smallest absolute Gasteiger partial charge is 0.475 e. The first-order valence-electron chi connectivity index (χ1n) is 33.7. The lowest BCUT2D eigenvalue weighted by Gasteiger charge is -2.35. The van der Waals surface area contributed by atoms with Gasteiger partial charge in [0.05, 0.1) is 32.7 Å². The number of carboxylic acids is 4. The third kappa shape index (κ3) is 45.9. The Bertz CT molecular complexity index is 3210. The topological polar surface area (TPSA) is 412 Å². The second-order valence-electron chi connectivity index (χ2n) is 28.4. The number of hydrogen-bond donors (Lipinski definition) is 7. The van der Waals surface area contributed by atoms with Crippen LogP contribution in [0.15, 0.2) is 30.4 Å². The zero-order chi connectivity index (χ0) is 86.2. The Kier molecular flexibility index (Phi) is 41.9. The van der Waals surface area contributed by atoms with E-state index in [1.54, 1.807) is 79.3 Å². The van der Waals surface area contributed by atoms with Crippen LogP contribution >= 0.6 is 11.8 Å². The number of alkyl halides is 12. The van der Waals surface area contributed by atoms with Crippen molar-refractivity contribution in [3.63, 3.8) is 0 Å². The van der Waals surface area contributed by atoms with Crippen LogP contribution in [0.2, 0.25) is 0 Å². The molecule has 44 heteroatoms. The molecule has 0 spiro atoms. The van der Waals surface area contributed by atoms with Crippen LogP contribution in [0.25, 0.3) is 0 Å². The van der Waals surface area contributed by atoms with Gasteiger partial charge in [-0.3, -0.25) is 67.7 Å². The van der Waals surface area contributed by atoms with E-state index in [2.05, 4.69) is 16.0 Å². The van der Waals surface area contributed by atoms with Crippen molar-refractivity contribution < 1.29 is 159 Å². The van der Waals surface area contributed by atoms with E-state index in [9.17, 15) is 101 Å². The molecule has 0 aliphatic carbocycles. The molecule has 1 aromatic carbocycles. The standard InChI is InChI=1S/C59H93N9O14S.4C2HF3O2/c1-56(2,3)79-50(73)38-64-28-26-63(27-29-65(39-51(74)80-57(4,5)6)31-33-66(32-30-64)40-52(75)81-58(7,8)9)37-49(72)67-25-22-42-41(36-67)17-16-18-43(42)53(76)62-44(23-34-83-13)54(77)60-35-46(69)61-45(55(78)82-59(10,11)12)19-14-15-24-68-47(70)20-21-48(68)71;4*3-2(4,5)1(6)7/h16-18,20-21,44-45H,14-15,19,22-40H2,1-13H3,(H,60,77)(H,61,69)(H,62,76);4*(H,6,7)/t44-,45-;;;;/m0..../s1. The normalized spacial score (nSPS) is 15.8. The minimum absolute atomic E-state index is 0.00240. The lowest BCUT2D eigenvalue weighted by atomic mass is 9.93. The van der Waals surface area contributed by atoms with Crippen LogP contribution in [-0.4, -0.2) is 302 Å². The maximum Gasteiger partial charge on any atom is 0.490 e. The van der Waals surface area contributed by atoms with Crippen LogP contribution in [0.4, 0.5) is 52.7 Å². The van der Waals surface area contributed by atoms with Crippen LogP contribution in [0.5, 0.6) is 0 Å². The number of esters is 4. The zero-order valence-corrected chi connectivity index (χ0v) is 64.2. The van der Waals surface area contributed by atoms with Gasteiger partial charge in [0.1, 0.15) is 34.5 Å². The molecule has 6 amide bonds. The summed E-state index contributed by atoms with van der Waals surface area (Å²) in [6, 6.07) is 3.17. The first kappa shape index (κ1) is 102. The molecule has 0 unspecified atom stereocenters. The second kappa shape index (κ2) is 45.6. The predicted octanol–water partition coefficient (Wildman–Crippen LogP) is 5.24. The number of ether oxygens (including phenoxy) is 4. The van der Waals surface area contributed by atoms with Gasteiger partial charge in [0.25, 0.3) is 17.7 Å². The van der Waals surface area contributed by atoms with Crippen LogP contribution in [0.3, 0.4) is 0 Å². The molecule has 31 nitrogen and oxygen atoms in total. The van der Waals surface area contributed by atoms with E-state index < -0.39 is 143 Å². The summed E-state index contributed by atoms with van der Waals surface area (Å²) in [6.07, 6.45) is -14.6. The van der Waals surface area contributed by atoms with Crippen LogP contribution < -0.4 is 16.0 Å². The fourth-order valence-electron chi connectivity index (χ4n) is 9.37. The third-order valence-electron chi connectivity index (χ3n) is 14.1. The molecule has 0 aromatic heterocycles. The number of imide groups is 1. The van der Waals surface area contributed by atoms with Gasteiger partial charge in [0, 0.05) is 89.7 Å². The minimum atomic E-state index is -5.08. The number of carbonyl (C=O) groups excluding carboxylic acids is 10. The van der Waals surface area contributed by atoms with E-state index in [1.165, 1.54) is 23.9 Å². The number of unbranched alkanes of at least 4 members (excludes halogenated alkanes) is 1. The summed E-state index contributed by atoms with van der Waals surface area (Å²) in [6.45, 7) is 24.6. The number of nitrogens with one attached hydrogen (secondary N) is 3. The summed E-state index contributed by atoms with van der Waals surface area (Å²) in [4.78, 5) is 179. The third-order valence-corrected chi connectivity index (χ3v) is 14.8. The van der Waals surface area contributed by atoms with Gasteiger partial charge in [0.2, 0.25) is 17.7 Å². The van der Waals surface area contributed by atoms with Gasteiger partial charge in [0.15, 0.2) is 0 Å². The molecular weight excluding hydrogens is 1540 g/mol. The van der Waals surface area contributed by atoms with Crippen molar-refractivity contribution in [2.24, 2.45) is 0 Å². The molecule has 4 rings (SSSR count). The van der Waals surface area contributed by atoms with Gasteiger partial charge in [-0.05, 0) is 144 Å². The Morgan fingerprint density at radius 2 is 0.847 bits per heavy atom. The number of hydrogen-bond acceptors (Lipinski definition) is 23. The number of fused-ring (bicyclic) bond motifs is 1. The van der Waals surface area contributed by atoms with Gasteiger partial charge >= 0.3 is 72.5 Å². The van der Waals surface area contributed by atoms with Crippen LogP contribution in [0.1, 0.15) is 130 Å². The van der Waals surface area contributed by atoms with E-state index in [4.69, 9.17) is 58.6 Å². The van der Waals surface area contributed by atoms with Crippen LogP contribution in [0, 0.1) is 0 Å². The lowest BCUT2D eigenvalue weighted by molar-refractivity contribution is -0.193. The van der Waals surface area contributed by atoms with Crippen molar-refractivity contribution in [2.75, 3.05) is 110 Å². The Morgan fingerprint density at radius 3 is 1.19 bits per heavy atom. The largest absolute Gasteiger partial charge is 0.490 e. The van der Waals surface area contributed by atoms with Crippen molar-refractivity contribution in [3.8, 4) is 0 Å². The molecule has 1 fully saturated rings. The molecule has 3 heterocycles. The summed E-state index contributed by atoms with van der Waals surface area (Å²) in [5.74, 6) is -15.1. The molecule has 2 atom stereocenters. The molecule has 0 radical (unpaired) electrons. The van der Waals surface area contributed by atoms with Crippen molar-refractivity contribution in [3.05, 3.63) is 47.0 Å². The first-order chi connectivity index (χ1) is 50.4. The fraction of sp³-hybridized carbons (Fsp3) is 0.672. The van der Waals surface area contributed by atoms with E-state index >= 15 is 0 Å². The van der Waals surface area contributed by atoms with Gasteiger partial charge in [-0.1, -0.05) is 12.1 Å². The highest BCUT2D eigenvalue weighted by Crippen LogP contribution is 2.25.